The topological polar surface area (TPSA) is 89.2 Å². The van der Waals surface area contributed by atoms with Crippen molar-refractivity contribution in [1.29, 1.82) is 0 Å². The number of carbonyl (C=O) groups excluding carboxylic acids is 1. The third-order valence-corrected chi connectivity index (χ3v) is 5.96. The van der Waals surface area contributed by atoms with Gasteiger partial charge in [0.1, 0.15) is 5.58 Å². The number of aromatic hydroxyl groups is 1. The van der Waals surface area contributed by atoms with Gasteiger partial charge < -0.3 is 23.9 Å². The fraction of sp³-hybridized carbons (Fsp3) is 0.304. The zero-order valence-electron chi connectivity index (χ0n) is 17.2. The first-order chi connectivity index (χ1) is 15.0. The molecule has 4 rings (SSSR count). The van der Waals surface area contributed by atoms with Gasteiger partial charge in [-0.2, -0.15) is 0 Å². The molecule has 2 heterocycles. The minimum atomic E-state index is -0.671. The first-order valence-electron chi connectivity index (χ1n) is 9.98. The Kier molecular flexibility index (Phi) is 6.02. The molecule has 1 N–H and O–H groups in total. The highest BCUT2D eigenvalue weighted by Gasteiger charge is 2.42. The molecule has 1 aromatic heterocycles. The van der Waals surface area contributed by atoms with Crippen LogP contribution < -0.4 is 10.2 Å². The lowest BCUT2D eigenvalue weighted by Crippen LogP contribution is -2.31. The number of benzene rings is 2. The zero-order chi connectivity index (χ0) is 22.1. The standard InChI is InChI=1S/C23H22BrNO6/c1-3-30-10-6-9-25-19(13-11-15(24)21(27)17(12-13)29-2)18-20(26)14-7-4-5-8-16(14)31-22(18)23(25)28/h4-5,7-8,11-12,19,27H,3,6,9-10H2,1-2H3. The highest BCUT2D eigenvalue weighted by atomic mass is 79.9. The van der Waals surface area contributed by atoms with Gasteiger partial charge in [-0.25, -0.2) is 0 Å². The molecule has 0 fully saturated rings. The number of nitrogens with zero attached hydrogens (tertiary/aromatic N) is 1. The molecule has 0 saturated heterocycles. The number of hydrogen-bond donors (Lipinski definition) is 1. The summed E-state index contributed by atoms with van der Waals surface area (Å²) in [6.45, 7) is 3.37. The van der Waals surface area contributed by atoms with Crippen molar-refractivity contribution in [3.05, 3.63) is 68.0 Å². The molecular formula is C23H22BrNO6. The first-order valence-corrected chi connectivity index (χ1v) is 10.8. The fourth-order valence-electron chi connectivity index (χ4n) is 3.93. The molecule has 162 valence electrons. The highest BCUT2D eigenvalue weighted by Crippen LogP contribution is 2.43. The van der Waals surface area contributed by atoms with Crippen molar-refractivity contribution in [2.45, 2.75) is 19.4 Å². The predicted octanol–water partition coefficient (Wildman–Crippen LogP) is 4.24. The number of rotatable bonds is 7. The summed E-state index contributed by atoms with van der Waals surface area (Å²) in [4.78, 5) is 28.3. The molecule has 1 amide bonds. The summed E-state index contributed by atoms with van der Waals surface area (Å²) in [5.74, 6) is -0.107. The van der Waals surface area contributed by atoms with Gasteiger partial charge in [-0.1, -0.05) is 12.1 Å². The van der Waals surface area contributed by atoms with Crippen LogP contribution in [0.4, 0.5) is 0 Å². The van der Waals surface area contributed by atoms with E-state index in [2.05, 4.69) is 15.9 Å². The molecule has 1 unspecified atom stereocenters. The fourth-order valence-corrected chi connectivity index (χ4v) is 4.39. The van der Waals surface area contributed by atoms with Crippen molar-refractivity contribution in [3.63, 3.8) is 0 Å². The molecule has 0 bridgehead atoms. The van der Waals surface area contributed by atoms with Crippen molar-refractivity contribution in [2.24, 2.45) is 0 Å². The Morgan fingerprint density at radius 1 is 1.23 bits per heavy atom. The van der Waals surface area contributed by atoms with Crippen molar-refractivity contribution in [2.75, 3.05) is 26.9 Å². The van der Waals surface area contributed by atoms with Gasteiger partial charge in [0.15, 0.2) is 16.9 Å². The second-order valence-electron chi connectivity index (χ2n) is 7.18. The van der Waals surface area contributed by atoms with Crippen molar-refractivity contribution in [3.8, 4) is 11.5 Å². The number of halogens is 1. The van der Waals surface area contributed by atoms with Crippen LogP contribution in [0.5, 0.6) is 11.5 Å². The largest absolute Gasteiger partial charge is 0.503 e. The normalized spacial score (nSPS) is 15.5. The molecule has 1 aliphatic heterocycles. The van der Waals surface area contributed by atoms with Crippen molar-refractivity contribution < 1.29 is 23.8 Å². The predicted molar refractivity (Wildman–Crippen MR) is 119 cm³/mol. The van der Waals surface area contributed by atoms with E-state index in [0.29, 0.717) is 52.7 Å². The number of fused-ring (bicyclic) bond motifs is 2. The Morgan fingerprint density at radius 3 is 2.74 bits per heavy atom. The van der Waals surface area contributed by atoms with E-state index in [0.717, 1.165) is 0 Å². The summed E-state index contributed by atoms with van der Waals surface area (Å²) in [6, 6.07) is 9.54. The lowest BCUT2D eigenvalue weighted by atomic mass is 9.98. The maximum absolute atomic E-state index is 13.4. The third-order valence-electron chi connectivity index (χ3n) is 5.35. The van der Waals surface area contributed by atoms with E-state index in [1.165, 1.54) is 7.11 Å². The van der Waals surface area contributed by atoms with Gasteiger partial charge >= 0.3 is 0 Å². The first kappa shape index (κ1) is 21.4. The summed E-state index contributed by atoms with van der Waals surface area (Å²) < 4.78 is 17.0. The van der Waals surface area contributed by atoms with Gasteiger partial charge in [-0.15, -0.1) is 0 Å². The molecule has 0 saturated carbocycles. The maximum atomic E-state index is 13.4. The monoisotopic (exact) mass is 487 g/mol. The molecule has 31 heavy (non-hydrogen) atoms. The van der Waals surface area contributed by atoms with Gasteiger partial charge in [0.25, 0.3) is 5.91 Å². The Balaban J connectivity index is 1.90. The number of carbonyl (C=O) groups is 1. The smallest absolute Gasteiger partial charge is 0.290 e. The van der Waals surface area contributed by atoms with E-state index >= 15 is 0 Å². The lowest BCUT2D eigenvalue weighted by Gasteiger charge is -2.25. The van der Waals surface area contributed by atoms with Crippen molar-refractivity contribution in [1.82, 2.24) is 4.90 Å². The summed E-state index contributed by atoms with van der Waals surface area (Å²) in [6.07, 6.45) is 0.605. The molecule has 1 aliphatic rings. The third kappa shape index (κ3) is 3.70. The molecule has 0 aliphatic carbocycles. The second-order valence-corrected chi connectivity index (χ2v) is 8.03. The molecule has 7 nitrogen and oxygen atoms in total. The van der Waals surface area contributed by atoms with Crippen molar-refractivity contribution >= 4 is 32.8 Å². The average molecular weight is 488 g/mol. The van der Waals surface area contributed by atoms with E-state index in [9.17, 15) is 14.7 Å². The van der Waals surface area contributed by atoms with Crippen LogP contribution in [0.15, 0.2) is 50.1 Å². The van der Waals surface area contributed by atoms with Gasteiger partial charge in [0.2, 0.25) is 5.76 Å². The van der Waals surface area contributed by atoms with E-state index in [4.69, 9.17) is 13.9 Å². The van der Waals surface area contributed by atoms with Crippen LogP contribution in [-0.2, 0) is 4.74 Å². The summed E-state index contributed by atoms with van der Waals surface area (Å²) in [5.41, 5.74) is 1.05. The summed E-state index contributed by atoms with van der Waals surface area (Å²) >= 11 is 3.34. The molecule has 0 spiro atoms. The van der Waals surface area contributed by atoms with Crippen LogP contribution in [0.1, 0.15) is 41.1 Å². The maximum Gasteiger partial charge on any atom is 0.290 e. The zero-order valence-corrected chi connectivity index (χ0v) is 18.8. The Morgan fingerprint density at radius 2 is 2.00 bits per heavy atom. The van der Waals surface area contributed by atoms with Crippen LogP contribution in [0, 0.1) is 0 Å². The number of hydrogen-bond acceptors (Lipinski definition) is 6. The second kappa shape index (κ2) is 8.72. The van der Waals surface area contributed by atoms with Gasteiger partial charge in [-0.3, -0.25) is 9.59 Å². The van der Waals surface area contributed by atoms with Gasteiger partial charge in [-0.05, 0) is 59.1 Å². The number of para-hydroxylation sites is 1. The van der Waals surface area contributed by atoms with Gasteiger partial charge in [0, 0.05) is 19.8 Å². The van der Waals surface area contributed by atoms with Gasteiger partial charge in [0.05, 0.1) is 28.6 Å². The van der Waals surface area contributed by atoms with Crippen LogP contribution in [0.2, 0.25) is 0 Å². The quantitative estimate of drug-likeness (QED) is 0.501. The number of ether oxygens (including phenoxy) is 2. The van der Waals surface area contributed by atoms with E-state index < -0.39 is 6.04 Å². The van der Waals surface area contributed by atoms with E-state index in [1.807, 2.05) is 6.92 Å². The Labute approximate surface area is 187 Å². The molecule has 3 aromatic rings. The summed E-state index contributed by atoms with van der Waals surface area (Å²) in [7, 11) is 1.45. The van der Waals surface area contributed by atoms with Crippen LogP contribution in [-0.4, -0.2) is 42.8 Å². The Bertz CT molecular complexity index is 1200. The Hall–Kier alpha value is -2.84. The van der Waals surface area contributed by atoms with Crippen LogP contribution in [0.3, 0.4) is 0 Å². The number of phenolic OH excluding ortho intramolecular Hbond substituents is 1. The van der Waals surface area contributed by atoms with Crippen LogP contribution in [0.25, 0.3) is 11.0 Å². The highest BCUT2D eigenvalue weighted by molar-refractivity contribution is 9.10. The number of methoxy groups -OCH3 is 1. The molecular weight excluding hydrogens is 466 g/mol. The lowest BCUT2D eigenvalue weighted by molar-refractivity contribution is 0.0695. The molecule has 1 atom stereocenters. The molecule has 2 aromatic carbocycles. The number of amides is 1. The SMILES string of the molecule is CCOCCCN1C(=O)c2oc3ccccc3c(=O)c2C1c1cc(Br)c(O)c(OC)c1. The average Bonchev–Trinajstić information content (AvgIpc) is 3.05. The van der Waals surface area contributed by atoms with E-state index in [-0.39, 0.29) is 28.6 Å². The summed E-state index contributed by atoms with van der Waals surface area (Å²) in [5, 5.41) is 10.6. The van der Waals surface area contributed by atoms with Crippen LogP contribution >= 0.6 is 15.9 Å². The molecule has 8 heteroatoms. The minimum Gasteiger partial charge on any atom is -0.503 e. The molecule has 0 radical (unpaired) electrons. The minimum absolute atomic E-state index is 0.0493. The number of phenols is 1. The van der Waals surface area contributed by atoms with E-state index in [1.54, 1.807) is 41.3 Å².